The fraction of sp³-hybridized carbons (Fsp3) is 0.357. The summed E-state index contributed by atoms with van der Waals surface area (Å²) in [5, 5.41) is 17.7. The molecule has 0 fully saturated rings. The second-order valence-corrected chi connectivity index (χ2v) is 5.58. The van der Waals surface area contributed by atoms with E-state index in [1.165, 1.54) is 18.2 Å². The molecule has 1 atom stereocenters. The predicted molar refractivity (Wildman–Crippen MR) is 75.5 cm³/mol. The number of carboxylic acids is 1. The molecule has 5 heteroatoms. The number of carbonyl (C=O) groups is 1. The number of hydrogen-bond donors (Lipinski definition) is 2. The summed E-state index contributed by atoms with van der Waals surface area (Å²) >= 11 is 1.64. The Morgan fingerprint density at radius 1 is 1.53 bits per heavy atom. The SMILES string of the molecule is CC(CCO)SCc1ccc(F)cc1C=CC(=O)O. The molecule has 0 aromatic heterocycles. The molecular formula is C14H17FO3S. The van der Waals surface area contributed by atoms with Crippen molar-refractivity contribution >= 4 is 23.8 Å². The molecular weight excluding hydrogens is 267 g/mol. The van der Waals surface area contributed by atoms with Gasteiger partial charge in [0.05, 0.1) is 0 Å². The van der Waals surface area contributed by atoms with E-state index in [4.69, 9.17) is 10.2 Å². The minimum Gasteiger partial charge on any atom is -0.478 e. The molecule has 0 saturated heterocycles. The first kappa shape index (κ1) is 15.7. The molecule has 2 N–H and O–H groups in total. The van der Waals surface area contributed by atoms with Gasteiger partial charge < -0.3 is 10.2 Å². The largest absolute Gasteiger partial charge is 0.478 e. The Labute approximate surface area is 116 Å². The molecule has 104 valence electrons. The van der Waals surface area contributed by atoms with E-state index in [0.717, 1.165) is 11.6 Å². The summed E-state index contributed by atoms with van der Waals surface area (Å²) in [5.41, 5.74) is 1.46. The monoisotopic (exact) mass is 284 g/mol. The van der Waals surface area contributed by atoms with Gasteiger partial charge in [-0.2, -0.15) is 11.8 Å². The highest BCUT2D eigenvalue weighted by Crippen LogP contribution is 2.23. The van der Waals surface area contributed by atoms with Crippen LogP contribution in [0.25, 0.3) is 6.08 Å². The molecule has 0 aliphatic heterocycles. The maximum absolute atomic E-state index is 13.2. The van der Waals surface area contributed by atoms with Crippen LogP contribution in [0.5, 0.6) is 0 Å². The Kier molecular flexibility index (Phi) is 6.59. The Bertz CT molecular complexity index is 460. The van der Waals surface area contributed by atoms with Crippen molar-refractivity contribution in [2.24, 2.45) is 0 Å². The van der Waals surface area contributed by atoms with Crippen LogP contribution >= 0.6 is 11.8 Å². The molecule has 1 aromatic carbocycles. The number of carboxylic acid groups (broad SMARTS) is 1. The number of aliphatic hydroxyl groups is 1. The lowest BCUT2D eigenvalue weighted by Gasteiger charge is -2.11. The van der Waals surface area contributed by atoms with E-state index in [2.05, 4.69) is 0 Å². The molecule has 3 nitrogen and oxygen atoms in total. The highest BCUT2D eigenvalue weighted by atomic mass is 32.2. The first-order valence-electron chi connectivity index (χ1n) is 5.95. The number of hydrogen-bond acceptors (Lipinski definition) is 3. The van der Waals surface area contributed by atoms with Crippen molar-refractivity contribution in [2.45, 2.75) is 24.3 Å². The lowest BCUT2D eigenvalue weighted by molar-refractivity contribution is -0.131. The van der Waals surface area contributed by atoms with Crippen LogP contribution in [0.4, 0.5) is 4.39 Å². The molecule has 0 bridgehead atoms. The standard InChI is InChI=1S/C14H17FO3S/c1-10(6-7-16)19-9-12-2-4-13(15)8-11(12)3-5-14(17)18/h2-5,8,10,16H,6-7,9H2,1H3,(H,17,18). The van der Waals surface area contributed by atoms with Crippen molar-refractivity contribution in [3.05, 3.63) is 41.2 Å². The Morgan fingerprint density at radius 3 is 2.89 bits per heavy atom. The Balaban J connectivity index is 2.79. The van der Waals surface area contributed by atoms with Crippen LogP contribution in [0.3, 0.4) is 0 Å². The van der Waals surface area contributed by atoms with Gasteiger partial charge in [-0.3, -0.25) is 0 Å². The number of halogens is 1. The van der Waals surface area contributed by atoms with Gasteiger partial charge in [0, 0.05) is 23.7 Å². The third-order valence-electron chi connectivity index (χ3n) is 2.57. The molecule has 1 aromatic rings. The zero-order chi connectivity index (χ0) is 14.3. The fourth-order valence-electron chi connectivity index (χ4n) is 1.51. The zero-order valence-electron chi connectivity index (χ0n) is 10.7. The van der Waals surface area contributed by atoms with E-state index in [1.807, 2.05) is 6.92 Å². The molecule has 1 rings (SSSR count). The van der Waals surface area contributed by atoms with Crippen molar-refractivity contribution in [1.82, 2.24) is 0 Å². The number of benzene rings is 1. The maximum Gasteiger partial charge on any atom is 0.328 e. The molecule has 0 aliphatic rings. The minimum atomic E-state index is -1.06. The van der Waals surface area contributed by atoms with Gasteiger partial charge in [-0.25, -0.2) is 9.18 Å². The maximum atomic E-state index is 13.2. The van der Waals surface area contributed by atoms with E-state index < -0.39 is 5.97 Å². The van der Waals surface area contributed by atoms with Gasteiger partial charge >= 0.3 is 5.97 Å². The van der Waals surface area contributed by atoms with Crippen molar-refractivity contribution in [1.29, 1.82) is 0 Å². The summed E-state index contributed by atoms with van der Waals surface area (Å²) in [4.78, 5) is 10.5. The van der Waals surface area contributed by atoms with Crippen LogP contribution in [0.1, 0.15) is 24.5 Å². The second-order valence-electron chi connectivity index (χ2n) is 4.15. The zero-order valence-corrected chi connectivity index (χ0v) is 11.5. The van der Waals surface area contributed by atoms with E-state index in [1.54, 1.807) is 17.8 Å². The number of rotatable bonds is 7. The summed E-state index contributed by atoms with van der Waals surface area (Å²) < 4.78 is 13.2. The van der Waals surface area contributed by atoms with Crippen molar-refractivity contribution in [2.75, 3.05) is 6.61 Å². The summed E-state index contributed by atoms with van der Waals surface area (Å²) in [6, 6.07) is 4.35. The van der Waals surface area contributed by atoms with Crippen LogP contribution in [-0.2, 0) is 10.5 Å². The van der Waals surface area contributed by atoms with Crippen molar-refractivity contribution in [3.8, 4) is 0 Å². The first-order chi connectivity index (χ1) is 9.02. The second kappa shape index (κ2) is 7.96. The van der Waals surface area contributed by atoms with Gasteiger partial charge in [0.15, 0.2) is 0 Å². The van der Waals surface area contributed by atoms with Gasteiger partial charge in [0.25, 0.3) is 0 Å². The van der Waals surface area contributed by atoms with Crippen LogP contribution in [0, 0.1) is 5.82 Å². The lowest BCUT2D eigenvalue weighted by Crippen LogP contribution is -2.00. The van der Waals surface area contributed by atoms with Gasteiger partial charge in [-0.15, -0.1) is 0 Å². The molecule has 0 spiro atoms. The minimum absolute atomic E-state index is 0.142. The Hall–Kier alpha value is -1.33. The lowest BCUT2D eigenvalue weighted by atomic mass is 10.1. The van der Waals surface area contributed by atoms with E-state index in [0.29, 0.717) is 23.0 Å². The summed E-state index contributed by atoms with van der Waals surface area (Å²) in [5.74, 6) is -0.792. The van der Waals surface area contributed by atoms with Gasteiger partial charge in [0.1, 0.15) is 5.82 Å². The average Bonchev–Trinajstić information content (AvgIpc) is 2.35. The number of aliphatic hydroxyl groups excluding tert-OH is 1. The van der Waals surface area contributed by atoms with E-state index >= 15 is 0 Å². The molecule has 0 amide bonds. The molecule has 0 heterocycles. The smallest absolute Gasteiger partial charge is 0.328 e. The summed E-state index contributed by atoms with van der Waals surface area (Å²) in [7, 11) is 0. The van der Waals surface area contributed by atoms with Gasteiger partial charge in [-0.05, 0) is 35.8 Å². The molecule has 0 radical (unpaired) electrons. The average molecular weight is 284 g/mol. The topological polar surface area (TPSA) is 57.5 Å². The molecule has 1 unspecified atom stereocenters. The molecule has 19 heavy (non-hydrogen) atoms. The summed E-state index contributed by atoms with van der Waals surface area (Å²) in [6.45, 7) is 2.15. The number of thioether (sulfide) groups is 1. The number of aliphatic carboxylic acids is 1. The molecule has 0 aliphatic carbocycles. The van der Waals surface area contributed by atoms with Gasteiger partial charge in [-0.1, -0.05) is 13.0 Å². The van der Waals surface area contributed by atoms with Crippen molar-refractivity contribution < 1.29 is 19.4 Å². The van der Waals surface area contributed by atoms with Crippen LogP contribution in [0.15, 0.2) is 24.3 Å². The van der Waals surface area contributed by atoms with E-state index in [-0.39, 0.29) is 12.4 Å². The van der Waals surface area contributed by atoms with Crippen LogP contribution in [0.2, 0.25) is 0 Å². The van der Waals surface area contributed by atoms with Crippen LogP contribution < -0.4 is 0 Å². The van der Waals surface area contributed by atoms with E-state index in [9.17, 15) is 9.18 Å². The normalized spacial score (nSPS) is 12.8. The highest BCUT2D eigenvalue weighted by molar-refractivity contribution is 7.99. The third-order valence-corrected chi connectivity index (χ3v) is 3.85. The van der Waals surface area contributed by atoms with Crippen LogP contribution in [-0.4, -0.2) is 28.0 Å². The van der Waals surface area contributed by atoms with Gasteiger partial charge in [0.2, 0.25) is 0 Å². The Morgan fingerprint density at radius 2 is 2.26 bits per heavy atom. The quantitative estimate of drug-likeness (QED) is 0.756. The van der Waals surface area contributed by atoms with Crippen molar-refractivity contribution in [3.63, 3.8) is 0 Å². The highest BCUT2D eigenvalue weighted by Gasteiger charge is 2.06. The predicted octanol–water partition coefficient (Wildman–Crippen LogP) is 2.93. The molecule has 0 saturated carbocycles. The fourth-order valence-corrected chi connectivity index (χ4v) is 2.51. The third kappa shape index (κ3) is 5.89. The summed E-state index contributed by atoms with van der Waals surface area (Å²) in [6.07, 6.45) is 3.10. The first-order valence-corrected chi connectivity index (χ1v) is 6.99.